The number of nitrogens with one attached hydrogen (secondary N) is 1. The fraction of sp³-hybridized carbons (Fsp3) is 0.600. The second kappa shape index (κ2) is 8.95. The molecule has 1 atom stereocenters. The summed E-state index contributed by atoms with van der Waals surface area (Å²) in [7, 11) is 1.71. The van der Waals surface area contributed by atoms with Gasteiger partial charge in [0.1, 0.15) is 5.75 Å². The quantitative estimate of drug-likeness (QED) is 0.684. The summed E-state index contributed by atoms with van der Waals surface area (Å²) in [5, 5.41) is 3.48. The van der Waals surface area contributed by atoms with E-state index in [0.717, 1.165) is 31.7 Å². The van der Waals surface area contributed by atoms with Gasteiger partial charge < -0.3 is 14.8 Å². The Balaban J connectivity index is 2.55. The van der Waals surface area contributed by atoms with E-state index < -0.39 is 0 Å². The topological polar surface area (TPSA) is 30.5 Å². The van der Waals surface area contributed by atoms with E-state index in [1.54, 1.807) is 7.11 Å². The first kappa shape index (κ1) is 15.0. The summed E-state index contributed by atoms with van der Waals surface area (Å²) in [6, 6.07) is 8.76. The predicted molar refractivity (Wildman–Crippen MR) is 75.1 cm³/mol. The second-order valence-corrected chi connectivity index (χ2v) is 4.29. The highest BCUT2D eigenvalue weighted by molar-refractivity contribution is 5.30. The van der Waals surface area contributed by atoms with Crippen LogP contribution in [0.4, 0.5) is 0 Å². The van der Waals surface area contributed by atoms with E-state index in [1.165, 1.54) is 5.56 Å². The molecular weight excluding hydrogens is 226 g/mol. The van der Waals surface area contributed by atoms with Crippen molar-refractivity contribution in [3.05, 3.63) is 29.8 Å². The Labute approximate surface area is 110 Å². The van der Waals surface area contributed by atoms with Crippen LogP contribution in [0.3, 0.4) is 0 Å². The Hall–Kier alpha value is -1.06. The molecule has 1 unspecified atom stereocenters. The van der Waals surface area contributed by atoms with E-state index in [0.29, 0.717) is 12.6 Å². The monoisotopic (exact) mass is 251 g/mol. The van der Waals surface area contributed by atoms with Crippen molar-refractivity contribution in [3.8, 4) is 5.75 Å². The number of methoxy groups -OCH3 is 1. The van der Waals surface area contributed by atoms with E-state index in [9.17, 15) is 0 Å². The first-order valence-corrected chi connectivity index (χ1v) is 6.76. The normalized spacial score (nSPS) is 12.4. The van der Waals surface area contributed by atoms with Crippen LogP contribution >= 0.6 is 0 Å². The van der Waals surface area contributed by atoms with E-state index in [1.807, 2.05) is 6.07 Å². The number of benzene rings is 1. The summed E-state index contributed by atoms with van der Waals surface area (Å²) in [5.41, 5.74) is 1.29. The lowest BCUT2D eigenvalue weighted by molar-refractivity contribution is 0.172. The molecular formula is C15H25NO2. The van der Waals surface area contributed by atoms with Crippen molar-refractivity contribution in [2.45, 2.75) is 32.7 Å². The van der Waals surface area contributed by atoms with Gasteiger partial charge >= 0.3 is 0 Å². The molecule has 0 saturated heterocycles. The van der Waals surface area contributed by atoms with Crippen LogP contribution in [0.15, 0.2) is 24.3 Å². The molecule has 3 nitrogen and oxygen atoms in total. The number of hydrogen-bond donors (Lipinski definition) is 1. The minimum absolute atomic E-state index is 0.414. The van der Waals surface area contributed by atoms with E-state index >= 15 is 0 Å². The molecule has 0 radical (unpaired) electrons. The van der Waals surface area contributed by atoms with Crippen LogP contribution in [0.5, 0.6) is 5.75 Å². The summed E-state index contributed by atoms with van der Waals surface area (Å²) in [6.45, 7) is 6.76. The maximum absolute atomic E-state index is 5.71. The maximum Gasteiger partial charge on any atom is 0.119 e. The zero-order valence-electron chi connectivity index (χ0n) is 11.7. The molecule has 102 valence electrons. The van der Waals surface area contributed by atoms with E-state index in [2.05, 4.69) is 37.4 Å². The molecule has 0 aliphatic rings. The van der Waals surface area contributed by atoms with Crippen LogP contribution in [0.1, 0.15) is 38.3 Å². The van der Waals surface area contributed by atoms with Gasteiger partial charge in [0.15, 0.2) is 0 Å². The van der Waals surface area contributed by atoms with Crippen molar-refractivity contribution < 1.29 is 9.47 Å². The van der Waals surface area contributed by atoms with Crippen molar-refractivity contribution in [1.29, 1.82) is 0 Å². The van der Waals surface area contributed by atoms with Crippen LogP contribution in [0.2, 0.25) is 0 Å². The van der Waals surface area contributed by atoms with Crippen molar-refractivity contribution >= 4 is 0 Å². The lowest BCUT2D eigenvalue weighted by Crippen LogP contribution is -2.20. The molecule has 0 amide bonds. The maximum atomic E-state index is 5.71. The van der Waals surface area contributed by atoms with Gasteiger partial charge in [0.05, 0.1) is 6.61 Å². The molecule has 1 N–H and O–H groups in total. The molecule has 0 aliphatic carbocycles. The van der Waals surface area contributed by atoms with Gasteiger partial charge in [-0.15, -0.1) is 0 Å². The third-order valence-corrected chi connectivity index (χ3v) is 2.88. The van der Waals surface area contributed by atoms with Gasteiger partial charge in [0, 0.05) is 26.2 Å². The highest BCUT2D eigenvalue weighted by Crippen LogP contribution is 2.21. The van der Waals surface area contributed by atoms with Gasteiger partial charge in [0.2, 0.25) is 0 Å². The summed E-state index contributed by atoms with van der Waals surface area (Å²) in [4.78, 5) is 0. The highest BCUT2D eigenvalue weighted by Gasteiger charge is 2.08. The number of rotatable bonds is 9. The minimum Gasteiger partial charge on any atom is -0.493 e. The fourth-order valence-corrected chi connectivity index (χ4v) is 1.96. The van der Waals surface area contributed by atoms with Crippen molar-refractivity contribution in [3.63, 3.8) is 0 Å². The Morgan fingerprint density at radius 1 is 1.22 bits per heavy atom. The molecule has 0 heterocycles. The zero-order valence-corrected chi connectivity index (χ0v) is 11.7. The Bertz CT molecular complexity index is 328. The summed E-state index contributed by atoms with van der Waals surface area (Å²) in [5.74, 6) is 0.944. The molecule has 0 bridgehead atoms. The third kappa shape index (κ3) is 5.07. The summed E-state index contributed by atoms with van der Waals surface area (Å²) < 4.78 is 10.7. The first-order chi connectivity index (χ1) is 8.81. The van der Waals surface area contributed by atoms with Crippen molar-refractivity contribution in [2.75, 3.05) is 26.9 Å². The van der Waals surface area contributed by atoms with Crippen LogP contribution in [0.25, 0.3) is 0 Å². The van der Waals surface area contributed by atoms with Crippen LogP contribution in [-0.2, 0) is 4.74 Å². The Kier molecular flexibility index (Phi) is 7.46. The lowest BCUT2D eigenvalue weighted by Gasteiger charge is -2.17. The van der Waals surface area contributed by atoms with E-state index in [4.69, 9.17) is 9.47 Å². The molecule has 0 aromatic heterocycles. The van der Waals surface area contributed by atoms with Gasteiger partial charge in [-0.3, -0.25) is 0 Å². The van der Waals surface area contributed by atoms with Crippen molar-refractivity contribution in [1.82, 2.24) is 5.32 Å². The minimum atomic E-state index is 0.414. The highest BCUT2D eigenvalue weighted by atomic mass is 16.5. The van der Waals surface area contributed by atoms with E-state index in [-0.39, 0.29) is 0 Å². The largest absolute Gasteiger partial charge is 0.493 e. The van der Waals surface area contributed by atoms with Gasteiger partial charge in [-0.25, -0.2) is 0 Å². The second-order valence-electron chi connectivity index (χ2n) is 4.29. The van der Waals surface area contributed by atoms with Crippen LogP contribution in [-0.4, -0.2) is 26.9 Å². The molecule has 3 heteroatoms. The van der Waals surface area contributed by atoms with Crippen molar-refractivity contribution in [2.24, 2.45) is 0 Å². The molecule has 18 heavy (non-hydrogen) atoms. The molecule has 0 spiro atoms. The molecule has 0 saturated carbocycles. The standard InChI is InChI=1S/C15H25NO2/c1-4-15(16-5-2)13-8-6-9-14(12-13)18-11-7-10-17-3/h6,8-9,12,15-16H,4-5,7,10-11H2,1-3H3. The fourth-order valence-electron chi connectivity index (χ4n) is 1.96. The number of hydrogen-bond acceptors (Lipinski definition) is 3. The first-order valence-electron chi connectivity index (χ1n) is 6.76. The van der Waals surface area contributed by atoms with Gasteiger partial charge in [-0.1, -0.05) is 26.0 Å². The third-order valence-electron chi connectivity index (χ3n) is 2.88. The summed E-state index contributed by atoms with van der Waals surface area (Å²) >= 11 is 0. The Morgan fingerprint density at radius 3 is 2.72 bits per heavy atom. The molecule has 1 aromatic rings. The van der Waals surface area contributed by atoms with Gasteiger partial charge in [-0.05, 0) is 30.7 Å². The lowest BCUT2D eigenvalue weighted by atomic mass is 10.0. The van der Waals surface area contributed by atoms with Gasteiger partial charge in [-0.2, -0.15) is 0 Å². The number of ether oxygens (including phenoxy) is 2. The molecule has 1 aromatic carbocycles. The SMILES string of the molecule is CCNC(CC)c1cccc(OCCCOC)c1. The van der Waals surface area contributed by atoms with Crippen LogP contribution in [0, 0.1) is 0 Å². The zero-order chi connectivity index (χ0) is 13.2. The predicted octanol–water partition coefficient (Wildman–Crippen LogP) is 3.16. The van der Waals surface area contributed by atoms with Crippen LogP contribution < -0.4 is 10.1 Å². The average Bonchev–Trinajstić information content (AvgIpc) is 2.41. The Morgan fingerprint density at radius 2 is 2.06 bits per heavy atom. The molecule has 0 aliphatic heterocycles. The summed E-state index contributed by atoms with van der Waals surface area (Å²) in [6.07, 6.45) is 2.01. The molecule has 0 fully saturated rings. The molecule has 1 rings (SSSR count). The average molecular weight is 251 g/mol. The van der Waals surface area contributed by atoms with Gasteiger partial charge in [0.25, 0.3) is 0 Å². The smallest absolute Gasteiger partial charge is 0.119 e.